The van der Waals surface area contributed by atoms with Gasteiger partial charge in [-0.1, -0.05) is 41.7 Å². The molecule has 1 aliphatic heterocycles. The molecule has 0 saturated carbocycles. The molecule has 0 unspecified atom stereocenters. The summed E-state index contributed by atoms with van der Waals surface area (Å²) in [4.78, 5) is 24.9. The van der Waals surface area contributed by atoms with E-state index in [0.29, 0.717) is 35.8 Å². The Labute approximate surface area is 149 Å². The minimum absolute atomic E-state index is 0.0733. The third-order valence-electron chi connectivity index (χ3n) is 3.65. The van der Waals surface area contributed by atoms with Crippen molar-refractivity contribution in [2.75, 3.05) is 13.2 Å². The first kappa shape index (κ1) is 17.1. The van der Waals surface area contributed by atoms with Gasteiger partial charge in [-0.2, -0.15) is 0 Å². The first-order valence-corrected chi connectivity index (χ1v) is 9.54. The Morgan fingerprint density at radius 1 is 0.917 bits per heavy atom. The fourth-order valence-electron chi connectivity index (χ4n) is 2.43. The summed E-state index contributed by atoms with van der Waals surface area (Å²) in [6.45, 7) is 0.900. The lowest BCUT2D eigenvalue weighted by molar-refractivity contribution is 0.105. The molecular formula is C18H17NO3S2. The highest BCUT2D eigenvalue weighted by Gasteiger charge is 2.20. The van der Waals surface area contributed by atoms with Gasteiger partial charge in [0.2, 0.25) is 10.2 Å². The molecular weight excluding hydrogens is 342 g/mol. The van der Waals surface area contributed by atoms with Gasteiger partial charge in [-0.3, -0.25) is 9.59 Å². The van der Waals surface area contributed by atoms with Crippen LogP contribution in [0.3, 0.4) is 0 Å². The number of hydrogen-bond donors (Lipinski definition) is 1. The second-order valence-corrected chi connectivity index (χ2v) is 7.16. The molecule has 3 rings (SSSR count). The Morgan fingerprint density at radius 2 is 1.54 bits per heavy atom. The van der Waals surface area contributed by atoms with Crippen molar-refractivity contribution in [3.63, 3.8) is 0 Å². The maximum absolute atomic E-state index is 12.5. The highest BCUT2D eigenvalue weighted by atomic mass is 32.2. The number of ether oxygens (including phenoxy) is 1. The van der Waals surface area contributed by atoms with Crippen molar-refractivity contribution < 1.29 is 14.3 Å². The minimum atomic E-state index is -0.0827. The maximum atomic E-state index is 12.5. The number of nitrogens with two attached hydrogens (primary N) is 1. The molecule has 0 fully saturated rings. The van der Waals surface area contributed by atoms with E-state index in [0.717, 1.165) is 16.9 Å². The largest absolute Gasteiger partial charge is 0.492 e. The molecule has 1 heterocycles. The fraction of sp³-hybridized carbons (Fsp3) is 0.222. The van der Waals surface area contributed by atoms with Gasteiger partial charge in [-0.25, -0.2) is 0 Å². The zero-order valence-corrected chi connectivity index (χ0v) is 14.6. The van der Waals surface area contributed by atoms with Crippen molar-refractivity contribution in [1.29, 1.82) is 0 Å². The molecule has 0 aromatic heterocycles. The Kier molecular flexibility index (Phi) is 5.60. The summed E-state index contributed by atoms with van der Waals surface area (Å²) >= 11 is 2.44. The van der Waals surface area contributed by atoms with Crippen LogP contribution < -0.4 is 10.5 Å². The highest BCUT2D eigenvalue weighted by molar-refractivity contribution is 8.14. The number of thioether (sulfide) groups is 2. The van der Waals surface area contributed by atoms with Crippen molar-refractivity contribution in [3.8, 4) is 5.75 Å². The van der Waals surface area contributed by atoms with Crippen LogP contribution in [-0.4, -0.2) is 23.4 Å². The van der Waals surface area contributed by atoms with Crippen LogP contribution in [0.15, 0.2) is 42.5 Å². The Balaban J connectivity index is 1.90. The third kappa shape index (κ3) is 3.83. The van der Waals surface area contributed by atoms with Gasteiger partial charge >= 0.3 is 0 Å². The molecule has 0 bridgehead atoms. The first-order chi connectivity index (χ1) is 11.7. The quantitative estimate of drug-likeness (QED) is 0.905. The van der Waals surface area contributed by atoms with Gasteiger partial charge in [-0.15, -0.1) is 0 Å². The summed E-state index contributed by atoms with van der Waals surface area (Å²) in [6.07, 6.45) is 0. The van der Waals surface area contributed by atoms with E-state index < -0.39 is 0 Å². The Morgan fingerprint density at radius 3 is 2.17 bits per heavy atom. The minimum Gasteiger partial charge on any atom is -0.492 e. The van der Waals surface area contributed by atoms with E-state index in [9.17, 15) is 9.59 Å². The van der Waals surface area contributed by atoms with E-state index in [4.69, 9.17) is 10.5 Å². The normalized spacial score (nSPS) is 14.7. The van der Waals surface area contributed by atoms with Gasteiger partial charge in [0, 0.05) is 29.2 Å². The first-order valence-electron chi connectivity index (χ1n) is 7.57. The van der Waals surface area contributed by atoms with Crippen molar-refractivity contribution in [1.82, 2.24) is 0 Å². The summed E-state index contributed by atoms with van der Waals surface area (Å²) in [5.74, 6) is 1.87. The van der Waals surface area contributed by atoms with Crippen LogP contribution in [0.25, 0.3) is 0 Å². The van der Waals surface area contributed by atoms with Gasteiger partial charge < -0.3 is 10.5 Å². The van der Waals surface area contributed by atoms with Gasteiger partial charge in [0.1, 0.15) is 12.4 Å². The number of fused-ring (bicyclic) bond motifs is 2. The number of carbonyl (C=O) groups is 2. The smallest absolute Gasteiger partial charge is 0.220 e. The van der Waals surface area contributed by atoms with Crippen LogP contribution in [0.2, 0.25) is 0 Å². The Hall–Kier alpha value is -1.76. The summed E-state index contributed by atoms with van der Waals surface area (Å²) in [5, 5.41) is -0.156. The molecule has 2 aromatic carbocycles. The highest BCUT2D eigenvalue weighted by Crippen LogP contribution is 2.31. The van der Waals surface area contributed by atoms with Crippen LogP contribution in [0.4, 0.5) is 0 Å². The average molecular weight is 359 g/mol. The van der Waals surface area contributed by atoms with Crippen LogP contribution in [-0.2, 0) is 11.5 Å². The van der Waals surface area contributed by atoms with Gasteiger partial charge in [0.25, 0.3) is 0 Å². The topological polar surface area (TPSA) is 69.4 Å². The summed E-state index contributed by atoms with van der Waals surface area (Å²) in [5.41, 5.74) is 8.50. The van der Waals surface area contributed by atoms with Crippen LogP contribution in [0.1, 0.15) is 31.8 Å². The molecule has 0 atom stereocenters. The fourth-order valence-corrected chi connectivity index (χ4v) is 4.22. The zero-order valence-electron chi connectivity index (χ0n) is 13.0. The molecule has 0 amide bonds. The van der Waals surface area contributed by atoms with E-state index in [2.05, 4.69) is 0 Å². The number of hydrogen-bond acceptors (Lipinski definition) is 6. The van der Waals surface area contributed by atoms with E-state index in [1.807, 2.05) is 18.2 Å². The summed E-state index contributed by atoms with van der Waals surface area (Å²) in [7, 11) is 0. The van der Waals surface area contributed by atoms with Crippen molar-refractivity contribution in [2.24, 2.45) is 5.73 Å². The molecule has 0 aliphatic carbocycles. The van der Waals surface area contributed by atoms with E-state index in [1.165, 1.54) is 23.5 Å². The third-order valence-corrected chi connectivity index (χ3v) is 5.52. The summed E-state index contributed by atoms with van der Waals surface area (Å²) < 4.78 is 5.56. The predicted molar refractivity (Wildman–Crippen MR) is 98.7 cm³/mol. The molecule has 1 aliphatic rings. The molecule has 0 saturated heterocycles. The molecule has 0 spiro atoms. The predicted octanol–water partition coefficient (Wildman–Crippen LogP) is 3.48. The Bertz CT molecular complexity index is 777. The van der Waals surface area contributed by atoms with Crippen molar-refractivity contribution >= 4 is 33.8 Å². The monoisotopic (exact) mass is 359 g/mol. The lowest BCUT2D eigenvalue weighted by Crippen LogP contribution is -2.11. The molecule has 4 nitrogen and oxygen atoms in total. The lowest BCUT2D eigenvalue weighted by atomic mass is 10.1. The van der Waals surface area contributed by atoms with E-state index >= 15 is 0 Å². The van der Waals surface area contributed by atoms with E-state index in [1.54, 1.807) is 24.3 Å². The second-order valence-electron chi connectivity index (χ2n) is 5.27. The van der Waals surface area contributed by atoms with Gasteiger partial charge in [-0.05, 0) is 35.4 Å². The lowest BCUT2D eigenvalue weighted by Gasteiger charge is -2.15. The number of rotatable bonds is 3. The van der Waals surface area contributed by atoms with Crippen molar-refractivity contribution in [3.05, 3.63) is 64.7 Å². The maximum Gasteiger partial charge on any atom is 0.220 e. The number of benzene rings is 2. The number of carbonyl (C=O) groups excluding carboxylic acids is 2. The molecule has 24 heavy (non-hydrogen) atoms. The molecule has 0 radical (unpaired) electrons. The van der Waals surface area contributed by atoms with Crippen LogP contribution in [0.5, 0.6) is 5.75 Å². The molecule has 124 valence electrons. The molecule has 6 heteroatoms. The second kappa shape index (κ2) is 7.88. The van der Waals surface area contributed by atoms with Crippen LogP contribution in [0, 0.1) is 0 Å². The van der Waals surface area contributed by atoms with Crippen molar-refractivity contribution in [2.45, 2.75) is 11.5 Å². The van der Waals surface area contributed by atoms with Gasteiger partial charge in [0.15, 0.2) is 0 Å². The zero-order chi connectivity index (χ0) is 16.9. The van der Waals surface area contributed by atoms with E-state index in [-0.39, 0.29) is 10.2 Å². The van der Waals surface area contributed by atoms with Gasteiger partial charge in [0.05, 0.1) is 0 Å². The van der Waals surface area contributed by atoms with Crippen LogP contribution >= 0.6 is 23.5 Å². The average Bonchev–Trinajstić information content (AvgIpc) is 2.62. The summed E-state index contributed by atoms with van der Waals surface area (Å²) in [6, 6.07) is 12.8. The molecule has 2 N–H and O–H groups in total. The molecule has 2 aromatic rings. The standard InChI is InChI=1S/C18H17NO3S2/c19-7-8-22-14-6-5-12-10-23-17(20)15-3-1-2-4-16(15)18(21)24-11-13(12)9-14/h1-6,9H,7-8,10-11,19H2. The SMILES string of the molecule is NCCOc1ccc2c(c1)CSC(=O)c1ccccc1C(=O)SC2.